The van der Waals surface area contributed by atoms with Gasteiger partial charge in [0.05, 0.1) is 5.56 Å². The van der Waals surface area contributed by atoms with Gasteiger partial charge in [-0.3, -0.25) is 0 Å². The van der Waals surface area contributed by atoms with E-state index in [0.717, 1.165) is 16.7 Å². The lowest BCUT2D eigenvalue weighted by molar-refractivity contribution is -0.633. The topological polar surface area (TPSA) is 16.8 Å². The third-order valence-corrected chi connectivity index (χ3v) is 4.40. The SMILES string of the molecule is Cc1c(-c2cnc3ccccc3[n+]2C)ccc2ccccc12. The molecular weight excluding hydrogens is 268 g/mol. The van der Waals surface area contributed by atoms with E-state index in [1.165, 1.54) is 21.9 Å². The quantitative estimate of drug-likeness (QED) is 0.479. The smallest absolute Gasteiger partial charge is 0.231 e. The van der Waals surface area contributed by atoms with Crippen LogP contribution in [0.15, 0.2) is 66.9 Å². The summed E-state index contributed by atoms with van der Waals surface area (Å²) in [5.74, 6) is 0. The minimum absolute atomic E-state index is 1.02. The lowest BCUT2D eigenvalue weighted by Crippen LogP contribution is -2.32. The Morgan fingerprint density at radius 2 is 1.64 bits per heavy atom. The third kappa shape index (κ3) is 1.88. The molecule has 0 aliphatic carbocycles. The zero-order valence-corrected chi connectivity index (χ0v) is 12.7. The number of rotatable bonds is 1. The molecule has 0 spiro atoms. The maximum absolute atomic E-state index is 4.62. The van der Waals surface area contributed by atoms with Crippen LogP contribution in [0.1, 0.15) is 5.56 Å². The predicted octanol–water partition coefficient (Wildman–Crippen LogP) is 4.19. The van der Waals surface area contributed by atoms with Crippen molar-refractivity contribution in [2.75, 3.05) is 0 Å². The average Bonchev–Trinajstić information content (AvgIpc) is 2.57. The molecule has 22 heavy (non-hydrogen) atoms. The van der Waals surface area contributed by atoms with Crippen molar-refractivity contribution >= 4 is 21.8 Å². The van der Waals surface area contributed by atoms with Gasteiger partial charge in [-0.15, -0.1) is 0 Å². The van der Waals surface area contributed by atoms with Gasteiger partial charge in [-0.2, -0.15) is 4.57 Å². The lowest BCUT2D eigenvalue weighted by Gasteiger charge is -2.09. The van der Waals surface area contributed by atoms with Crippen molar-refractivity contribution in [3.8, 4) is 11.3 Å². The van der Waals surface area contributed by atoms with Crippen LogP contribution in [0.3, 0.4) is 0 Å². The number of benzene rings is 3. The monoisotopic (exact) mass is 285 g/mol. The van der Waals surface area contributed by atoms with Gasteiger partial charge >= 0.3 is 0 Å². The highest BCUT2D eigenvalue weighted by Gasteiger charge is 2.17. The van der Waals surface area contributed by atoms with Crippen LogP contribution in [0.25, 0.3) is 33.1 Å². The largest absolute Gasteiger partial charge is 0.243 e. The molecular formula is C20H17N2+. The van der Waals surface area contributed by atoms with Crippen molar-refractivity contribution in [2.45, 2.75) is 6.92 Å². The van der Waals surface area contributed by atoms with Crippen LogP contribution in [0, 0.1) is 6.92 Å². The first-order valence-corrected chi connectivity index (χ1v) is 7.48. The van der Waals surface area contributed by atoms with E-state index in [9.17, 15) is 0 Å². The van der Waals surface area contributed by atoms with Crippen LogP contribution in [0.2, 0.25) is 0 Å². The van der Waals surface area contributed by atoms with E-state index < -0.39 is 0 Å². The van der Waals surface area contributed by atoms with Gasteiger partial charge in [0.15, 0.2) is 0 Å². The molecule has 0 amide bonds. The Kier molecular flexibility index (Phi) is 2.90. The average molecular weight is 285 g/mol. The van der Waals surface area contributed by atoms with Crippen LogP contribution in [0.5, 0.6) is 0 Å². The molecule has 0 unspecified atom stereocenters. The Balaban J connectivity index is 2.03. The molecule has 0 aliphatic rings. The van der Waals surface area contributed by atoms with Crippen molar-refractivity contribution < 1.29 is 4.57 Å². The molecule has 0 saturated heterocycles. The van der Waals surface area contributed by atoms with E-state index in [1.807, 2.05) is 18.3 Å². The molecule has 0 radical (unpaired) electrons. The Labute approximate surface area is 129 Å². The number of para-hydroxylation sites is 2. The summed E-state index contributed by atoms with van der Waals surface area (Å²) in [4.78, 5) is 4.62. The molecule has 106 valence electrons. The van der Waals surface area contributed by atoms with E-state index >= 15 is 0 Å². The second-order valence-corrected chi connectivity index (χ2v) is 5.65. The normalized spacial score (nSPS) is 11.2. The van der Waals surface area contributed by atoms with Crippen LogP contribution in [0.4, 0.5) is 0 Å². The van der Waals surface area contributed by atoms with Gasteiger partial charge in [-0.25, -0.2) is 4.98 Å². The molecule has 3 aromatic carbocycles. The zero-order chi connectivity index (χ0) is 15.1. The predicted molar refractivity (Wildman–Crippen MR) is 90.6 cm³/mol. The highest BCUT2D eigenvalue weighted by atomic mass is 15.0. The van der Waals surface area contributed by atoms with Gasteiger partial charge in [0.2, 0.25) is 11.2 Å². The molecule has 0 N–H and O–H groups in total. The van der Waals surface area contributed by atoms with Gasteiger partial charge < -0.3 is 0 Å². The number of hydrogen-bond acceptors (Lipinski definition) is 1. The summed E-state index contributed by atoms with van der Waals surface area (Å²) >= 11 is 0. The summed E-state index contributed by atoms with van der Waals surface area (Å²) in [6.07, 6.45) is 1.97. The fourth-order valence-electron chi connectivity index (χ4n) is 3.16. The molecule has 2 nitrogen and oxygen atoms in total. The standard InChI is InChI=1S/C20H17N2/c1-14-16-8-4-3-7-15(16)11-12-17(14)20-13-21-18-9-5-6-10-19(18)22(20)2/h3-13H,1-2H3/q+1. The van der Waals surface area contributed by atoms with Crippen LogP contribution in [-0.2, 0) is 7.05 Å². The molecule has 0 fully saturated rings. The highest BCUT2D eigenvalue weighted by Crippen LogP contribution is 2.28. The summed E-state index contributed by atoms with van der Waals surface area (Å²) in [7, 11) is 2.11. The summed E-state index contributed by atoms with van der Waals surface area (Å²) in [5, 5.41) is 2.58. The Morgan fingerprint density at radius 1 is 0.864 bits per heavy atom. The first kappa shape index (κ1) is 13.0. The van der Waals surface area contributed by atoms with Crippen molar-refractivity contribution in [1.29, 1.82) is 0 Å². The minimum Gasteiger partial charge on any atom is -0.243 e. The van der Waals surface area contributed by atoms with Crippen LogP contribution in [-0.4, -0.2) is 4.98 Å². The molecule has 4 aromatic rings. The lowest BCUT2D eigenvalue weighted by atomic mass is 9.98. The van der Waals surface area contributed by atoms with E-state index in [0.29, 0.717) is 0 Å². The Hall–Kier alpha value is -2.74. The van der Waals surface area contributed by atoms with Gasteiger partial charge in [-0.1, -0.05) is 42.5 Å². The molecule has 0 bridgehead atoms. The summed E-state index contributed by atoms with van der Waals surface area (Å²) in [6.45, 7) is 2.19. The summed E-state index contributed by atoms with van der Waals surface area (Å²) < 4.78 is 2.22. The molecule has 4 rings (SSSR count). The number of nitrogens with zero attached hydrogens (tertiary/aromatic N) is 2. The molecule has 1 aromatic heterocycles. The fraction of sp³-hybridized carbons (Fsp3) is 0.100. The van der Waals surface area contributed by atoms with Gasteiger partial charge in [-0.05, 0) is 35.4 Å². The third-order valence-electron chi connectivity index (χ3n) is 4.40. The Bertz CT molecular complexity index is 920. The van der Waals surface area contributed by atoms with E-state index in [-0.39, 0.29) is 0 Å². The molecule has 1 heterocycles. The molecule has 0 saturated carbocycles. The second-order valence-electron chi connectivity index (χ2n) is 5.65. The van der Waals surface area contributed by atoms with Gasteiger partial charge in [0, 0.05) is 6.07 Å². The molecule has 2 heteroatoms. The highest BCUT2D eigenvalue weighted by molar-refractivity contribution is 5.90. The zero-order valence-electron chi connectivity index (χ0n) is 12.7. The van der Waals surface area contributed by atoms with E-state index in [2.05, 4.69) is 72.1 Å². The van der Waals surface area contributed by atoms with Crippen molar-refractivity contribution in [2.24, 2.45) is 7.05 Å². The van der Waals surface area contributed by atoms with Crippen LogP contribution >= 0.6 is 0 Å². The number of fused-ring (bicyclic) bond motifs is 2. The summed E-state index contributed by atoms with van der Waals surface area (Å²) in [5.41, 5.74) is 5.84. The fourth-order valence-corrected chi connectivity index (χ4v) is 3.16. The minimum atomic E-state index is 1.02. The van der Waals surface area contributed by atoms with Gasteiger partial charge in [0.1, 0.15) is 18.8 Å². The van der Waals surface area contributed by atoms with E-state index in [1.54, 1.807) is 0 Å². The first-order chi connectivity index (χ1) is 10.8. The van der Waals surface area contributed by atoms with E-state index in [4.69, 9.17) is 0 Å². The second kappa shape index (κ2) is 4.92. The maximum atomic E-state index is 4.62. The van der Waals surface area contributed by atoms with Crippen molar-refractivity contribution in [1.82, 2.24) is 4.98 Å². The summed E-state index contributed by atoms with van der Waals surface area (Å²) in [6, 6.07) is 21.1. The van der Waals surface area contributed by atoms with Gasteiger partial charge in [0.25, 0.3) is 0 Å². The number of hydrogen-bond donors (Lipinski definition) is 0. The van der Waals surface area contributed by atoms with Crippen molar-refractivity contribution in [3.05, 3.63) is 72.4 Å². The Morgan fingerprint density at radius 3 is 2.55 bits per heavy atom. The first-order valence-electron chi connectivity index (χ1n) is 7.48. The molecule has 0 aliphatic heterocycles. The maximum Gasteiger partial charge on any atom is 0.231 e. The number of aromatic nitrogens is 2. The number of aryl methyl sites for hydroxylation is 2. The van der Waals surface area contributed by atoms with Crippen LogP contribution < -0.4 is 4.57 Å². The molecule has 0 atom stereocenters. The van der Waals surface area contributed by atoms with Crippen molar-refractivity contribution in [3.63, 3.8) is 0 Å².